The molecule has 1 aliphatic rings. The van der Waals surface area contributed by atoms with E-state index >= 15 is 0 Å². The molecule has 1 unspecified atom stereocenters. The number of piperidine rings is 1. The highest BCUT2D eigenvalue weighted by Gasteiger charge is 2.21. The van der Waals surface area contributed by atoms with Gasteiger partial charge in [-0.05, 0) is 26.4 Å². The average molecular weight is 240 g/mol. The number of likely N-dealkylation sites (tertiary alicyclic amines) is 1. The molecule has 4 nitrogen and oxygen atoms in total. The van der Waals surface area contributed by atoms with Crippen molar-refractivity contribution in [2.45, 2.75) is 25.2 Å². The fourth-order valence-corrected chi connectivity index (χ4v) is 3.00. The van der Waals surface area contributed by atoms with Crippen LogP contribution in [0.25, 0.3) is 0 Å². The summed E-state index contributed by atoms with van der Waals surface area (Å²) >= 11 is 1.46. The Bertz CT molecular complexity index is 378. The monoisotopic (exact) mass is 240 g/mol. The van der Waals surface area contributed by atoms with Crippen LogP contribution in [0.4, 0.5) is 0 Å². The number of likely N-dealkylation sites (N-methyl/N-ethyl adjacent to an activating group) is 1. The predicted octanol–water partition coefficient (Wildman–Crippen LogP) is 1.58. The molecule has 0 saturated carbocycles. The van der Waals surface area contributed by atoms with E-state index in [1.165, 1.54) is 24.2 Å². The molecule has 1 saturated heterocycles. The second-order valence-electron chi connectivity index (χ2n) is 4.34. The lowest BCUT2D eigenvalue weighted by Gasteiger charge is -2.28. The first-order valence-electron chi connectivity index (χ1n) is 5.50. The molecule has 1 aromatic rings. The Morgan fingerprint density at radius 2 is 2.56 bits per heavy atom. The highest BCUT2D eigenvalue weighted by atomic mass is 32.1. The minimum Gasteiger partial charge on any atom is -0.481 e. The molecular weight excluding hydrogens is 224 g/mol. The molecule has 2 heterocycles. The molecule has 1 aromatic heterocycles. The van der Waals surface area contributed by atoms with Crippen LogP contribution in [0.1, 0.15) is 29.5 Å². The second-order valence-corrected chi connectivity index (χ2v) is 5.28. The van der Waals surface area contributed by atoms with E-state index in [0.29, 0.717) is 5.92 Å². The van der Waals surface area contributed by atoms with Crippen LogP contribution in [0.2, 0.25) is 0 Å². The quantitative estimate of drug-likeness (QED) is 0.871. The first-order chi connectivity index (χ1) is 7.65. The van der Waals surface area contributed by atoms with E-state index in [0.717, 1.165) is 23.8 Å². The van der Waals surface area contributed by atoms with Gasteiger partial charge in [-0.25, -0.2) is 4.98 Å². The van der Waals surface area contributed by atoms with Crippen molar-refractivity contribution in [2.75, 3.05) is 20.1 Å². The van der Waals surface area contributed by atoms with Crippen molar-refractivity contribution in [2.24, 2.45) is 0 Å². The van der Waals surface area contributed by atoms with Gasteiger partial charge in [-0.3, -0.25) is 4.79 Å². The number of rotatable bonds is 3. The number of carboxylic acid groups (broad SMARTS) is 1. The van der Waals surface area contributed by atoms with Gasteiger partial charge in [-0.15, -0.1) is 11.3 Å². The number of aromatic nitrogens is 1. The minimum atomic E-state index is -0.804. The summed E-state index contributed by atoms with van der Waals surface area (Å²) in [5, 5.41) is 11.4. The van der Waals surface area contributed by atoms with Crippen molar-refractivity contribution in [3.8, 4) is 0 Å². The smallest absolute Gasteiger partial charge is 0.310 e. The Morgan fingerprint density at radius 3 is 3.25 bits per heavy atom. The van der Waals surface area contributed by atoms with Gasteiger partial charge in [-0.1, -0.05) is 0 Å². The Labute approximate surface area is 98.9 Å². The van der Waals surface area contributed by atoms with Crippen LogP contribution in [-0.4, -0.2) is 41.1 Å². The van der Waals surface area contributed by atoms with Crippen LogP contribution < -0.4 is 0 Å². The zero-order chi connectivity index (χ0) is 11.5. The molecule has 2 rings (SSSR count). The lowest BCUT2D eigenvalue weighted by Crippen LogP contribution is -2.30. The number of nitrogens with zero attached hydrogens (tertiary/aromatic N) is 2. The maximum absolute atomic E-state index is 10.6. The normalized spacial score (nSPS) is 22.2. The fraction of sp³-hybridized carbons (Fsp3) is 0.636. The van der Waals surface area contributed by atoms with Crippen LogP contribution in [0, 0.1) is 0 Å². The summed E-state index contributed by atoms with van der Waals surface area (Å²) in [5.74, 6) is -0.320. The number of aliphatic carboxylic acids is 1. The summed E-state index contributed by atoms with van der Waals surface area (Å²) < 4.78 is 0. The number of carboxylic acids is 1. The van der Waals surface area contributed by atoms with Crippen molar-refractivity contribution in [3.05, 3.63) is 16.1 Å². The number of carbonyl (C=O) groups is 1. The number of thiazole rings is 1. The van der Waals surface area contributed by atoms with Crippen LogP contribution in [0.15, 0.2) is 5.38 Å². The van der Waals surface area contributed by atoms with E-state index in [9.17, 15) is 4.79 Å². The third-order valence-electron chi connectivity index (χ3n) is 2.91. The topological polar surface area (TPSA) is 53.4 Å². The summed E-state index contributed by atoms with van der Waals surface area (Å²) in [5.41, 5.74) is 1.08. The molecule has 0 spiro atoms. The SMILES string of the molecule is CN1CCCC(c2csc(CC(=O)O)n2)C1. The first-order valence-corrected chi connectivity index (χ1v) is 6.38. The van der Waals surface area contributed by atoms with Gasteiger partial charge in [0.05, 0.1) is 12.1 Å². The molecule has 0 aromatic carbocycles. The van der Waals surface area contributed by atoms with E-state index in [2.05, 4.69) is 16.9 Å². The number of hydrogen-bond acceptors (Lipinski definition) is 4. The third-order valence-corrected chi connectivity index (χ3v) is 3.78. The molecule has 1 N–H and O–H groups in total. The molecule has 5 heteroatoms. The van der Waals surface area contributed by atoms with E-state index in [-0.39, 0.29) is 6.42 Å². The summed E-state index contributed by atoms with van der Waals surface area (Å²) in [7, 11) is 2.12. The fourth-order valence-electron chi connectivity index (χ4n) is 2.13. The molecule has 0 radical (unpaired) electrons. The number of hydrogen-bond donors (Lipinski definition) is 1. The largest absolute Gasteiger partial charge is 0.481 e. The van der Waals surface area contributed by atoms with Crippen molar-refractivity contribution >= 4 is 17.3 Å². The van der Waals surface area contributed by atoms with Crippen LogP contribution >= 0.6 is 11.3 Å². The van der Waals surface area contributed by atoms with Crippen molar-refractivity contribution < 1.29 is 9.90 Å². The average Bonchev–Trinajstić information content (AvgIpc) is 2.65. The van der Waals surface area contributed by atoms with Gasteiger partial charge in [0.15, 0.2) is 0 Å². The van der Waals surface area contributed by atoms with Gasteiger partial charge < -0.3 is 10.0 Å². The molecule has 1 aliphatic heterocycles. The summed E-state index contributed by atoms with van der Waals surface area (Å²) in [4.78, 5) is 17.3. The molecule has 88 valence electrons. The Balaban J connectivity index is 2.03. The van der Waals surface area contributed by atoms with E-state index in [1.807, 2.05) is 5.38 Å². The van der Waals surface area contributed by atoms with E-state index in [4.69, 9.17) is 5.11 Å². The van der Waals surface area contributed by atoms with Crippen LogP contribution in [0.3, 0.4) is 0 Å². The van der Waals surface area contributed by atoms with Gasteiger partial charge in [0.2, 0.25) is 0 Å². The highest BCUT2D eigenvalue weighted by Crippen LogP contribution is 2.27. The summed E-state index contributed by atoms with van der Waals surface area (Å²) in [6.07, 6.45) is 2.42. The summed E-state index contributed by atoms with van der Waals surface area (Å²) in [6.45, 7) is 2.19. The highest BCUT2D eigenvalue weighted by molar-refractivity contribution is 7.09. The predicted molar refractivity (Wildman–Crippen MR) is 62.9 cm³/mol. The Morgan fingerprint density at radius 1 is 1.75 bits per heavy atom. The standard InChI is InChI=1S/C11H16N2O2S/c1-13-4-2-3-8(6-13)9-7-16-10(12-9)5-11(14)15/h7-8H,2-6H2,1H3,(H,14,15). The molecular formula is C11H16N2O2S. The molecule has 0 bridgehead atoms. The lowest BCUT2D eigenvalue weighted by molar-refractivity contribution is -0.136. The first kappa shape index (κ1) is 11.5. The van der Waals surface area contributed by atoms with Crippen molar-refractivity contribution in [1.82, 2.24) is 9.88 Å². The third kappa shape index (κ3) is 2.80. The molecule has 0 amide bonds. The molecule has 1 fully saturated rings. The van der Waals surface area contributed by atoms with Gasteiger partial charge >= 0.3 is 5.97 Å². The second kappa shape index (κ2) is 4.93. The van der Waals surface area contributed by atoms with Crippen LogP contribution in [-0.2, 0) is 11.2 Å². The lowest BCUT2D eigenvalue weighted by atomic mass is 9.96. The van der Waals surface area contributed by atoms with E-state index in [1.54, 1.807) is 0 Å². The van der Waals surface area contributed by atoms with Crippen molar-refractivity contribution in [3.63, 3.8) is 0 Å². The zero-order valence-corrected chi connectivity index (χ0v) is 10.2. The van der Waals surface area contributed by atoms with Gasteiger partial charge in [-0.2, -0.15) is 0 Å². The molecule has 0 aliphatic carbocycles. The minimum absolute atomic E-state index is 0.0488. The summed E-state index contributed by atoms with van der Waals surface area (Å²) in [6, 6.07) is 0. The van der Waals surface area contributed by atoms with Gasteiger partial charge in [0.1, 0.15) is 5.01 Å². The van der Waals surface area contributed by atoms with Crippen LogP contribution in [0.5, 0.6) is 0 Å². The maximum Gasteiger partial charge on any atom is 0.310 e. The van der Waals surface area contributed by atoms with Crippen molar-refractivity contribution in [1.29, 1.82) is 0 Å². The molecule has 16 heavy (non-hydrogen) atoms. The van der Waals surface area contributed by atoms with Gasteiger partial charge in [0.25, 0.3) is 0 Å². The Kier molecular flexibility index (Phi) is 3.56. The maximum atomic E-state index is 10.6. The molecule has 1 atom stereocenters. The zero-order valence-electron chi connectivity index (χ0n) is 9.35. The van der Waals surface area contributed by atoms with E-state index < -0.39 is 5.97 Å². The van der Waals surface area contributed by atoms with Gasteiger partial charge in [0, 0.05) is 17.8 Å². The Hall–Kier alpha value is -0.940.